The van der Waals surface area contributed by atoms with Gasteiger partial charge in [-0.3, -0.25) is 4.99 Å². The van der Waals surface area contributed by atoms with Gasteiger partial charge < -0.3 is 5.32 Å². The normalized spacial score (nSPS) is 25.7. The first kappa shape index (κ1) is 8.72. The second-order valence-electron chi connectivity index (χ2n) is 3.10. The van der Waals surface area contributed by atoms with Gasteiger partial charge in [0, 0.05) is 12.8 Å². The molecule has 2 nitrogen and oxygen atoms in total. The monoisotopic (exact) mass is 154 g/mol. The second-order valence-corrected chi connectivity index (χ2v) is 3.10. The lowest BCUT2D eigenvalue weighted by Crippen LogP contribution is -2.15. The molecule has 0 aromatic heterocycles. The summed E-state index contributed by atoms with van der Waals surface area (Å²) in [6.07, 6.45) is 6.28. The van der Waals surface area contributed by atoms with Crippen LogP contribution >= 0.6 is 0 Å². The largest absolute Gasteiger partial charge is 0.317 e. The van der Waals surface area contributed by atoms with E-state index in [0.29, 0.717) is 0 Å². The smallest absolute Gasteiger partial charge is 0.0276 e. The predicted molar refractivity (Wildman–Crippen MR) is 49.3 cm³/mol. The van der Waals surface area contributed by atoms with Crippen molar-refractivity contribution in [3.05, 3.63) is 0 Å². The fourth-order valence-corrected chi connectivity index (χ4v) is 1.47. The molecule has 1 aliphatic heterocycles. The van der Waals surface area contributed by atoms with Crippen LogP contribution in [0.25, 0.3) is 0 Å². The summed E-state index contributed by atoms with van der Waals surface area (Å²) in [6.45, 7) is 2.36. The van der Waals surface area contributed by atoms with E-state index in [4.69, 9.17) is 0 Å². The summed E-state index contributed by atoms with van der Waals surface area (Å²) in [7, 11) is 1.92. The van der Waals surface area contributed by atoms with Crippen LogP contribution in [-0.4, -0.2) is 25.8 Å². The molecule has 0 atom stereocenters. The topological polar surface area (TPSA) is 24.4 Å². The molecule has 11 heavy (non-hydrogen) atoms. The minimum absolute atomic E-state index is 1.17. The van der Waals surface area contributed by atoms with Crippen LogP contribution in [0.2, 0.25) is 0 Å². The van der Waals surface area contributed by atoms with Crippen molar-refractivity contribution >= 4 is 5.71 Å². The van der Waals surface area contributed by atoms with Crippen LogP contribution in [0.1, 0.15) is 32.1 Å². The summed E-state index contributed by atoms with van der Waals surface area (Å²) < 4.78 is 0. The van der Waals surface area contributed by atoms with Crippen LogP contribution in [0.4, 0.5) is 0 Å². The molecule has 0 saturated carbocycles. The van der Waals surface area contributed by atoms with Gasteiger partial charge >= 0.3 is 0 Å². The zero-order valence-corrected chi connectivity index (χ0v) is 7.40. The quantitative estimate of drug-likeness (QED) is 0.563. The highest BCUT2D eigenvalue weighted by atomic mass is 14.8. The highest BCUT2D eigenvalue weighted by molar-refractivity contribution is 5.84. The van der Waals surface area contributed by atoms with E-state index in [9.17, 15) is 0 Å². The van der Waals surface area contributed by atoms with Gasteiger partial charge in [0.25, 0.3) is 0 Å². The van der Waals surface area contributed by atoms with E-state index in [-0.39, 0.29) is 0 Å². The van der Waals surface area contributed by atoms with Gasteiger partial charge in [-0.25, -0.2) is 0 Å². The summed E-state index contributed by atoms with van der Waals surface area (Å²) in [5.74, 6) is 0. The Hall–Kier alpha value is -0.370. The highest BCUT2D eigenvalue weighted by Crippen LogP contribution is 2.04. The molecular formula is C9H18N2. The molecule has 0 aromatic carbocycles. The molecule has 0 bridgehead atoms. The van der Waals surface area contributed by atoms with E-state index in [0.717, 1.165) is 0 Å². The Balaban J connectivity index is 2.31. The minimum atomic E-state index is 1.17. The van der Waals surface area contributed by atoms with Gasteiger partial charge in [-0.2, -0.15) is 0 Å². The predicted octanol–water partition coefficient (Wildman–Crippen LogP) is 1.61. The summed E-state index contributed by atoms with van der Waals surface area (Å²) in [5.41, 5.74) is 1.41. The van der Waals surface area contributed by atoms with Crippen molar-refractivity contribution in [2.24, 2.45) is 4.99 Å². The molecule has 2 heteroatoms. The van der Waals surface area contributed by atoms with E-state index in [2.05, 4.69) is 10.3 Å². The molecule has 1 rings (SSSR count). The maximum absolute atomic E-state index is 4.28. The number of nitrogens with zero attached hydrogens (tertiary/aromatic N) is 1. The van der Waals surface area contributed by atoms with Gasteiger partial charge in [-0.15, -0.1) is 0 Å². The van der Waals surface area contributed by atoms with Gasteiger partial charge in [0.2, 0.25) is 0 Å². The van der Waals surface area contributed by atoms with E-state index in [1.807, 2.05) is 7.05 Å². The number of nitrogens with one attached hydrogen (secondary N) is 1. The summed E-state index contributed by atoms with van der Waals surface area (Å²) >= 11 is 0. The van der Waals surface area contributed by atoms with Crippen molar-refractivity contribution in [1.29, 1.82) is 0 Å². The minimum Gasteiger partial charge on any atom is -0.317 e. The third-order valence-electron chi connectivity index (χ3n) is 2.20. The molecule has 64 valence electrons. The van der Waals surface area contributed by atoms with Crippen molar-refractivity contribution in [3.8, 4) is 0 Å². The van der Waals surface area contributed by atoms with E-state index < -0.39 is 0 Å². The van der Waals surface area contributed by atoms with Gasteiger partial charge in [0.1, 0.15) is 0 Å². The van der Waals surface area contributed by atoms with Crippen molar-refractivity contribution in [1.82, 2.24) is 5.32 Å². The van der Waals surface area contributed by atoms with Crippen molar-refractivity contribution in [3.63, 3.8) is 0 Å². The maximum atomic E-state index is 4.28. The summed E-state index contributed by atoms with van der Waals surface area (Å²) in [5, 5.41) is 3.42. The van der Waals surface area contributed by atoms with Crippen LogP contribution in [0.15, 0.2) is 4.99 Å². The first-order valence-electron chi connectivity index (χ1n) is 4.59. The first-order valence-corrected chi connectivity index (χ1v) is 4.59. The Labute approximate surface area is 69.1 Å². The van der Waals surface area contributed by atoms with Crippen LogP contribution in [0.3, 0.4) is 0 Å². The number of rotatable bonds is 0. The second kappa shape index (κ2) is 5.30. The Morgan fingerprint density at radius 3 is 2.64 bits per heavy atom. The maximum Gasteiger partial charge on any atom is 0.0276 e. The van der Waals surface area contributed by atoms with Gasteiger partial charge in [0.05, 0.1) is 0 Å². The van der Waals surface area contributed by atoms with Crippen LogP contribution in [0.5, 0.6) is 0 Å². The van der Waals surface area contributed by atoms with Crippen molar-refractivity contribution in [2.45, 2.75) is 32.1 Å². The molecule has 0 aromatic rings. The van der Waals surface area contributed by atoms with Gasteiger partial charge in [-0.1, -0.05) is 0 Å². The third kappa shape index (κ3) is 3.51. The molecule has 0 amide bonds. The van der Waals surface area contributed by atoms with E-state index in [1.165, 1.54) is 50.9 Å². The zero-order chi connectivity index (χ0) is 7.94. The molecule has 0 radical (unpaired) electrons. The van der Waals surface area contributed by atoms with Crippen molar-refractivity contribution in [2.75, 3.05) is 20.1 Å². The molecule has 0 unspecified atom stereocenters. The fourth-order valence-electron chi connectivity index (χ4n) is 1.47. The molecule has 1 saturated heterocycles. The standard InChI is InChI=1S/C9H18N2/c1-10-9-5-2-3-7-11-8-4-6-9/h11H,2-8H2,1H3/b10-9+. The first-order chi connectivity index (χ1) is 5.43. The van der Waals surface area contributed by atoms with Crippen molar-refractivity contribution < 1.29 is 0 Å². The van der Waals surface area contributed by atoms with Crippen LogP contribution in [0, 0.1) is 0 Å². The number of hydrogen-bond donors (Lipinski definition) is 1. The molecule has 0 spiro atoms. The fraction of sp³-hybridized carbons (Fsp3) is 0.889. The van der Waals surface area contributed by atoms with E-state index in [1.54, 1.807) is 0 Å². The summed E-state index contributed by atoms with van der Waals surface area (Å²) in [4.78, 5) is 4.28. The number of hydrogen-bond acceptors (Lipinski definition) is 2. The Morgan fingerprint density at radius 1 is 1.09 bits per heavy atom. The average Bonchev–Trinajstić information content (AvgIpc) is 2.16. The number of aliphatic imine (C=N–C) groups is 1. The highest BCUT2D eigenvalue weighted by Gasteiger charge is 2.01. The van der Waals surface area contributed by atoms with E-state index >= 15 is 0 Å². The third-order valence-corrected chi connectivity index (χ3v) is 2.20. The van der Waals surface area contributed by atoms with Crippen LogP contribution in [-0.2, 0) is 0 Å². The Morgan fingerprint density at radius 2 is 1.82 bits per heavy atom. The Bertz CT molecular complexity index is 118. The molecular weight excluding hydrogens is 136 g/mol. The molecule has 1 fully saturated rings. The molecule has 0 aliphatic carbocycles. The molecule has 1 heterocycles. The average molecular weight is 154 g/mol. The Kier molecular flexibility index (Phi) is 4.21. The summed E-state index contributed by atoms with van der Waals surface area (Å²) in [6, 6.07) is 0. The lowest BCUT2D eigenvalue weighted by Gasteiger charge is -2.00. The SMILES string of the molecule is C/N=C1\CCCCNCCC1. The lowest BCUT2D eigenvalue weighted by molar-refractivity contribution is 0.633. The lowest BCUT2D eigenvalue weighted by atomic mass is 10.1. The zero-order valence-electron chi connectivity index (χ0n) is 7.40. The molecule has 1 aliphatic rings. The van der Waals surface area contributed by atoms with Gasteiger partial charge in [-0.05, 0) is 45.2 Å². The van der Waals surface area contributed by atoms with Crippen LogP contribution < -0.4 is 5.32 Å². The van der Waals surface area contributed by atoms with Gasteiger partial charge in [0.15, 0.2) is 0 Å². The molecule has 1 N–H and O–H groups in total.